The number of hydrogen-bond acceptors (Lipinski definition) is 3. The SMILES string of the molecule is c1ccc2c(c1)Cc1c-2ccc2cc(-c3ccc(N(c4ccc5c(c4)oc4ccccc45)c4ccc5oc6ccccc6c5c4)cc3)ccc12. The van der Waals surface area contributed by atoms with E-state index in [1.54, 1.807) is 0 Å². The number of furan rings is 2. The van der Waals surface area contributed by atoms with Crippen molar-refractivity contribution in [1.82, 2.24) is 0 Å². The Hall–Kier alpha value is -6.58. The van der Waals surface area contributed by atoms with E-state index >= 15 is 0 Å². The predicted octanol–water partition coefficient (Wildman–Crippen LogP) is 13.3. The highest BCUT2D eigenvalue weighted by Crippen LogP contribution is 2.43. The number of para-hydroxylation sites is 2. The number of benzene rings is 8. The van der Waals surface area contributed by atoms with Crippen molar-refractivity contribution in [3.63, 3.8) is 0 Å². The van der Waals surface area contributed by atoms with Crippen molar-refractivity contribution in [3.8, 4) is 22.3 Å². The fourth-order valence-electron chi connectivity index (χ4n) is 8.10. The summed E-state index contributed by atoms with van der Waals surface area (Å²) in [5.74, 6) is 0. The molecule has 8 aromatic carbocycles. The molecule has 2 aromatic heterocycles. The van der Waals surface area contributed by atoms with Crippen molar-refractivity contribution in [2.24, 2.45) is 0 Å². The highest BCUT2D eigenvalue weighted by atomic mass is 16.3. The summed E-state index contributed by atoms with van der Waals surface area (Å²) in [6.45, 7) is 0. The summed E-state index contributed by atoms with van der Waals surface area (Å²) in [6.07, 6.45) is 0.993. The van der Waals surface area contributed by atoms with Crippen LogP contribution in [0.3, 0.4) is 0 Å². The van der Waals surface area contributed by atoms with Crippen LogP contribution in [0.2, 0.25) is 0 Å². The molecule has 1 aliphatic rings. The molecule has 2 heterocycles. The lowest BCUT2D eigenvalue weighted by Crippen LogP contribution is -2.09. The highest BCUT2D eigenvalue weighted by molar-refractivity contribution is 6.08. The number of hydrogen-bond donors (Lipinski definition) is 0. The molecule has 0 atom stereocenters. The molecule has 3 heteroatoms. The molecular weight excluding hydrogens is 611 g/mol. The first-order chi connectivity index (χ1) is 24.7. The van der Waals surface area contributed by atoms with E-state index in [1.165, 1.54) is 44.2 Å². The van der Waals surface area contributed by atoms with Gasteiger partial charge < -0.3 is 13.7 Å². The molecule has 11 rings (SSSR count). The lowest BCUT2D eigenvalue weighted by atomic mass is 9.95. The van der Waals surface area contributed by atoms with Crippen LogP contribution in [0.4, 0.5) is 17.1 Å². The fourth-order valence-corrected chi connectivity index (χ4v) is 8.10. The van der Waals surface area contributed by atoms with Crippen LogP contribution in [0.15, 0.2) is 173 Å². The molecule has 0 saturated carbocycles. The minimum Gasteiger partial charge on any atom is -0.456 e. The van der Waals surface area contributed by atoms with Crippen molar-refractivity contribution < 1.29 is 8.83 Å². The van der Waals surface area contributed by atoms with Crippen LogP contribution in [0.5, 0.6) is 0 Å². The summed E-state index contributed by atoms with van der Waals surface area (Å²) in [5.41, 5.74) is 14.7. The molecule has 234 valence electrons. The molecule has 0 unspecified atom stereocenters. The zero-order valence-electron chi connectivity index (χ0n) is 27.1. The summed E-state index contributed by atoms with van der Waals surface area (Å²) < 4.78 is 12.5. The van der Waals surface area contributed by atoms with Gasteiger partial charge in [-0.05, 0) is 111 Å². The van der Waals surface area contributed by atoms with Gasteiger partial charge in [0, 0.05) is 44.7 Å². The first-order valence-corrected chi connectivity index (χ1v) is 17.1. The molecule has 1 aliphatic carbocycles. The molecule has 0 amide bonds. The summed E-state index contributed by atoms with van der Waals surface area (Å²) in [5, 5.41) is 7.06. The van der Waals surface area contributed by atoms with Gasteiger partial charge in [-0.15, -0.1) is 0 Å². The van der Waals surface area contributed by atoms with Crippen LogP contribution < -0.4 is 4.90 Å². The van der Waals surface area contributed by atoms with Crippen LogP contribution in [-0.2, 0) is 6.42 Å². The Kier molecular flexibility index (Phi) is 5.73. The van der Waals surface area contributed by atoms with Gasteiger partial charge in [0.05, 0.1) is 0 Å². The molecule has 0 saturated heterocycles. The second kappa shape index (κ2) is 10.5. The number of nitrogens with zero attached hydrogens (tertiary/aromatic N) is 1. The largest absolute Gasteiger partial charge is 0.456 e. The quantitative estimate of drug-likeness (QED) is 0.192. The highest BCUT2D eigenvalue weighted by Gasteiger charge is 2.21. The van der Waals surface area contributed by atoms with Gasteiger partial charge in [-0.3, -0.25) is 0 Å². The Balaban J connectivity index is 1.02. The van der Waals surface area contributed by atoms with Crippen molar-refractivity contribution in [2.45, 2.75) is 6.42 Å². The monoisotopic (exact) mass is 639 g/mol. The third kappa shape index (κ3) is 4.10. The van der Waals surface area contributed by atoms with Crippen LogP contribution in [-0.4, -0.2) is 0 Å². The van der Waals surface area contributed by atoms with E-state index in [1.807, 2.05) is 24.3 Å². The maximum Gasteiger partial charge on any atom is 0.137 e. The van der Waals surface area contributed by atoms with Crippen molar-refractivity contribution in [3.05, 3.63) is 175 Å². The lowest BCUT2D eigenvalue weighted by molar-refractivity contribution is 0.668. The molecule has 0 spiro atoms. The fraction of sp³-hybridized carbons (Fsp3) is 0.0213. The standard InChI is InChI=1S/C47H29NO2/c1-2-8-36-31(7-1)26-42-37-21-15-30(25-32(37)16-22-38(36)42)29-13-17-33(18-14-29)48(34-20-24-46-43(27-34)40-10-4-6-12-45(40)49-46)35-19-23-41-39-9-3-5-11-44(39)50-47(41)28-35/h1-25,27-28H,26H2. The van der Waals surface area contributed by atoms with Crippen molar-refractivity contribution in [2.75, 3.05) is 4.90 Å². The normalized spacial score (nSPS) is 12.3. The van der Waals surface area contributed by atoms with E-state index in [-0.39, 0.29) is 0 Å². The zero-order chi connectivity index (χ0) is 32.8. The van der Waals surface area contributed by atoms with Crippen molar-refractivity contribution in [1.29, 1.82) is 0 Å². The van der Waals surface area contributed by atoms with Gasteiger partial charge in [0.2, 0.25) is 0 Å². The number of fused-ring (bicyclic) bond motifs is 11. The van der Waals surface area contributed by atoms with Gasteiger partial charge in [0.25, 0.3) is 0 Å². The van der Waals surface area contributed by atoms with Gasteiger partial charge in [0.1, 0.15) is 22.3 Å². The van der Waals surface area contributed by atoms with Crippen LogP contribution in [0.25, 0.3) is 76.9 Å². The second-order valence-electron chi connectivity index (χ2n) is 13.3. The molecule has 0 fully saturated rings. The lowest BCUT2D eigenvalue weighted by Gasteiger charge is -2.26. The molecule has 10 aromatic rings. The Morgan fingerprint density at radius 3 is 1.86 bits per heavy atom. The van der Waals surface area contributed by atoms with Crippen LogP contribution >= 0.6 is 0 Å². The van der Waals surface area contributed by atoms with E-state index in [4.69, 9.17) is 8.83 Å². The first-order valence-electron chi connectivity index (χ1n) is 17.1. The minimum absolute atomic E-state index is 0.867. The Bertz CT molecular complexity index is 2960. The van der Waals surface area contributed by atoms with E-state index in [2.05, 4.69) is 144 Å². The first kappa shape index (κ1) is 27.4. The molecule has 0 bridgehead atoms. The van der Waals surface area contributed by atoms with E-state index < -0.39 is 0 Å². The Labute approximate surface area is 288 Å². The van der Waals surface area contributed by atoms with Crippen molar-refractivity contribution >= 4 is 71.7 Å². The third-order valence-corrected chi connectivity index (χ3v) is 10.5. The smallest absolute Gasteiger partial charge is 0.137 e. The van der Waals surface area contributed by atoms with Gasteiger partial charge in [-0.25, -0.2) is 0 Å². The van der Waals surface area contributed by atoms with E-state index in [9.17, 15) is 0 Å². The van der Waals surface area contributed by atoms with Gasteiger partial charge >= 0.3 is 0 Å². The molecule has 3 nitrogen and oxygen atoms in total. The topological polar surface area (TPSA) is 29.5 Å². The second-order valence-corrected chi connectivity index (χ2v) is 13.3. The molecular formula is C47H29NO2. The predicted molar refractivity (Wildman–Crippen MR) is 207 cm³/mol. The Morgan fingerprint density at radius 1 is 0.380 bits per heavy atom. The number of anilines is 3. The van der Waals surface area contributed by atoms with E-state index in [0.717, 1.165) is 67.4 Å². The Morgan fingerprint density at radius 2 is 1.00 bits per heavy atom. The maximum absolute atomic E-state index is 6.35. The third-order valence-electron chi connectivity index (χ3n) is 10.5. The average Bonchev–Trinajstić information content (AvgIpc) is 3.86. The zero-order valence-corrected chi connectivity index (χ0v) is 27.1. The molecule has 0 aliphatic heterocycles. The summed E-state index contributed by atoms with van der Waals surface area (Å²) in [4.78, 5) is 2.30. The number of rotatable bonds is 4. The molecule has 0 N–H and O–H groups in total. The van der Waals surface area contributed by atoms with Crippen LogP contribution in [0, 0.1) is 0 Å². The van der Waals surface area contributed by atoms with Gasteiger partial charge in [-0.1, -0.05) is 97.1 Å². The summed E-state index contributed by atoms with van der Waals surface area (Å²) in [6, 6.07) is 58.6. The van der Waals surface area contributed by atoms with Crippen LogP contribution in [0.1, 0.15) is 11.1 Å². The average molecular weight is 640 g/mol. The molecule has 50 heavy (non-hydrogen) atoms. The van der Waals surface area contributed by atoms with Gasteiger partial charge in [0.15, 0.2) is 0 Å². The summed E-state index contributed by atoms with van der Waals surface area (Å²) >= 11 is 0. The summed E-state index contributed by atoms with van der Waals surface area (Å²) in [7, 11) is 0. The van der Waals surface area contributed by atoms with Gasteiger partial charge in [-0.2, -0.15) is 0 Å². The minimum atomic E-state index is 0.867. The van der Waals surface area contributed by atoms with E-state index in [0.29, 0.717) is 0 Å². The maximum atomic E-state index is 6.35. The molecule has 0 radical (unpaired) electrons.